The quantitative estimate of drug-likeness (QED) is 0.410. The van der Waals surface area contributed by atoms with Crippen molar-refractivity contribution < 1.29 is 13.7 Å². The molecule has 0 aliphatic carbocycles. The van der Waals surface area contributed by atoms with E-state index in [9.17, 15) is 9.18 Å². The van der Waals surface area contributed by atoms with Crippen molar-refractivity contribution in [3.63, 3.8) is 0 Å². The number of pyridine rings is 1. The van der Waals surface area contributed by atoms with Gasteiger partial charge in [0.25, 0.3) is 0 Å². The van der Waals surface area contributed by atoms with Crippen LogP contribution in [0.1, 0.15) is 5.56 Å². The first-order valence-corrected chi connectivity index (χ1v) is 9.67. The van der Waals surface area contributed by atoms with Crippen LogP contribution in [0.25, 0.3) is 22.4 Å². The highest BCUT2D eigenvalue weighted by atomic mass is 35.5. The van der Waals surface area contributed by atoms with Crippen molar-refractivity contribution in [2.75, 3.05) is 5.32 Å². The van der Waals surface area contributed by atoms with E-state index in [0.29, 0.717) is 27.4 Å². The standard InChI is InChI=1S/C22H14Cl2FN3O2/c23-16-4-2-1-3-14(16)12-19(29)27-22-20(13-7-9-26-10-8-13)21(28-30-22)15-5-6-18(25)17(24)11-15/h1-11H,12H2,(H,27,29). The summed E-state index contributed by atoms with van der Waals surface area (Å²) >= 11 is 12.1. The number of nitrogens with zero attached hydrogens (tertiary/aromatic N) is 2. The Kier molecular flexibility index (Phi) is 5.79. The van der Waals surface area contributed by atoms with Crippen molar-refractivity contribution in [3.05, 3.63) is 88.4 Å². The minimum atomic E-state index is -0.539. The zero-order valence-electron chi connectivity index (χ0n) is 15.4. The summed E-state index contributed by atoms with van der Waals surface area (Å²) in [7, 11) is 0. The lowest BCUT2D eigenvalue weighted by atomic mass is 10.0. The molecule has 1 amide bonds. The number of hydrogen-bond acceptors (Lipinski definition) is 4. The lowest BCUT2D eigenvalue weighted by molar-refractivity contribution is -0.115. The van der Waals surface area contributed by atoms with Crippen molar-refractivity contribution in [2.45, 2.75) is 6.42 Å². The number of carbonyl (C=O) groups is 1. The SMILES string of the molecule is O=C(Cc1ccccc1Cl)Nc1onc(-c2ccc(F)c(Cl)c2)c1-c1ccncc1. The number of hydrogen-bond donors (Lipinski definition) is 1. The molecule has 5 nitrogen and oxygen atoms in total. The monoisotopic (exact) mass is 441 g/mol. The van der Waals surface area contributed by atoms with E-state index in [0.717, 1.165) is 5.56 Å². The van der Waals surface area contributed by atoms with Crippen molar-refractivity contribution in [1.82, 2.24) is 10.1 Å². The maximum Gasteiger partial charge on any atom is 0.239 e. The van der Waals surface area contributed by atoms with Gasteiger partial charge in [-0.2, -0.15) is 0 Å². The molecule has 30 heavy (non-hydrogen) atoms. The smallest absolute Gasteiger partial charge is 0.239 e. The molecule has 2 aromatic carbocycles. The number of nitrogens with one attached hydrogen (secondary N) is 1. The molecule has 4 aromatic rings. The van der Waals surface area contributed by atoms with Gasteiger partial charge in [-0.1, -0.05) is 46.6 Å². The molecule has 4 rings (SSSR count). The van der Waals surface area contributed by atoms with Crippen LogP contribution >= 0.6 is 23.2 Å². The number of halogens is 3. The Hall–Kier alpha value is -3.22. The molecule has 0 atom stereocenters. The van der Waals surface area contributed by atoms with Gasteiger partial charge in [0, 0.05) is 23.0 Å². The summed E-state index contributed by atoms with van der Waals surface area (Å²) in [5, 5.41) is 7.30. The Morgan fingerprint density at radius 1 is 1.00 bits per heavy atom. The maximum absolute atomic E-state index is 13.6. The Morgan fingerprint density at radius 2 is 1.77 bits per heavy atom. The van der Waals surface area contributed by atoms with Crippen molar-refractivity contribution in [2.24, 2.45) is 0 Å². The maximum atomic E-state index is 13.6. The predicted molar refractivity (Wildman–Crippen MR) is 114 cm³/mol. The van der Waals surface area contributed by atoms with Crippen LogP contribution in [0.4, 0.5) is 10.3 Å². The van der Waals surface area contributed by atoms with E-state index in [-0.39, 0.29) is 23.2 Å². The minimum absolute atomic E-state index is 0.0412. The third-order valence-electron chi connectivity index (χ3n) is 4.42. The van der Waals surface area contributed by atoms with Crippen molar-refractivity contribution in [3.8, 4) is 22.4 Å². The van der Waals surface area contributed by atoms with Gasteiger partial charge in [0.2, 0.25) is 11.8 Å². The summed E-state index contributed by atoms with van der Waals surface area (Å²) < 4.78 is 19.0. The summed E-state index contributed by atoms with van der Waals surface area (Å²) in [6, 6.07) is 14.8. The first kappa shape index (κ1) is 20.1. The van der Waals surface area contributed by atoms with Gasteiger partial charge in [-0.25, -0.2) is 4.39 Å². The molecule has 0 spiro atoms. The second-order valence-corrected chi connectivity index (χ2v) is 7.23. The molecule has 0 bridgehead atoms. The highest BCUT2D eigenvalue weighted by molar-refractivity contribution is 6.31. The summed E-state index contributed by atoms with van der Waals surface area (Å²) in [5.74, 6) is -0.699. The Balaban J connectivity index is 1.71. The topological polar surface area (TPSA) is 68.0 Å². The minimum Gasteiger partial charge on any atom is -0.337 e. The fourth-order valence-corrected chi connectivity index (χ4v) is 3.37. The lowest BCUT2D eigenvalue weighted by Gasteiger charge is -2.07. The second kappa shape index (κ2) is 8.65. The molecular formula is C22H14Cl2FN3O2. The van der Waals surface area contributed by atoms with E-state index < -0.39 is 5.82 Å². The average molecular weight is 442 g/mol. The largest absolute Gasteiger partial charge is 0.337 e. The van der Waals surface area contributed by atoms with Crippen LogP contribution in [-0.4, -0.2) is 16.0 Å². The van der Waals surface area contributed by atoms with Crippen LogP contribution in [0.3, 0.4) is 0 Å². The van der Waals surface area contributed by atoms with Crippen LogP contribution in [0.5, 0.6) is 0 Å². The van der Waals surface area contributed by atoms with Crippen LogP contribution in [0, 0.1) is 5.82 Å². The van der Waals surface area contributed by atoms with E-state index in [2.05, 4.69) is 15.5 Å². The van der Waals surface area contributed by atoms with E-state index in [4.69, 9.17) is 27.7 Å². The zero-order chi connectivity index (χ0) is 21.1. The Labute approximate surface area is 181 Å². The first-order valence-electron chi connectivity index (χ1n) is 8.91. The zero-order valence-corrected chi connectivity index (χ0v) is 16.9. The van der Waals surface area contributed by atoms with Crippen LogP contribution in [0.15, 0.2) is 71.5 Å². The number of anilines is 1. The molecule has 0 saturated carbocycles. The molecule has 2 heterocycles. The fourth-order valence-electron chi connectivity index (χ4n) is 2.99. The molecule has 2 aromatic heterocycles. The van der Waals surface area contributed by atoms with Crippen LogP contribution in [-0.2, 0) is 11.2 Å². The summed E-state index contributed by atoms with van der Waals surface area (Å²) in [5.41, 5.74) is 2.90. The van der Waals surface area contributed by atoms with Gasteiger partial charge in [0.1, 0.15) is 11.5 Å². The summed E-state index contributed by atoms with van der Waals surface area (Å²) in [6.45, 7) is 0. The van der Waals surface area contributed by atoms with Crippen LogP contribution < -0.4 is 5.32 Å². The molecule has 0 aliphatic rings. The third-order valence-corrected chi connectivity index (χ3v) is 5.07. The fraction of sp³-hybridized carbons (Fsp3) is 0.0455. The molecule has 8 heteroatoms. The van der Waals surface area contributed by atoms with Gasteiger partial charge >= 0.3 is 0 Å². The van der Waals surface area contributed by atoms with Gasteiger partial charge in [0.15, 0.2) is 0 Å². The molecule has 0 fully saturated rings. The number of rotatable bonds is 5. The number of benzene rings is 2. The van der Waals surface area contributed by atoms with Gasteiger partial charge in [0.05, 0.1) is 17.0 Å². The van der Waals surface area contributed by atoms with Gasteiger partial charge in [-0.3, -0.25) is 15.1 Å². The van der Waals surface area contributed by atoms with Gasteiger partial charge in [-0.05, 0) is 47.5 Å². The highest BCUT2D eigenvalue weighted by Crippen LogP contribution is 2.38. The number of amides is 1. The van der Waals surface area contributed by atoms with Crippen molar-refractivity contribution in [1.29, 1.82) is 0 Å². The van der Waals surface area contributed by atoms with E-state index in [1.54, 1.807) is 48.8 Å². The second-order valence-electron chi connectivity index (χ2n) is 6.42. The highest BCUT2D eigenvalue weighted by Gasteiger charge is 2.22. The van der Waals surface area contributed by atoms with E-state index in [1.165, 1.54) is 12.1 Å². The molecular weight excluding hydrogens is 428 g/mol. The van der Waals surface area contributed by atoms with E-state index in [1.807, 2.05) is 6.07 Å². The molecule has 0 radical (unpaired) electrons. The number of aromatic nitrogens is 2. The molecule has 0 saturated heterocycles. The normalized spacial score (nSPS) is 10.8. The Morgan fingerprint density at radius 3 is 2.50 bits per heavy atom. The molecule has 0 aliphatic heterocycles. The third kappa shape index (κ3) is 4.20. The summed E-state index contributed by atoms with van der Waals surface area (Å²) in [4.78, 5) is 16.6. The number of carbonyl (C=O) groups excluding carboxylic acids is 1. The Bertz CT molecular complexity index is 1210. The molecule has 150 valence electrons. The summed E-state index contributed by atoms with van der Waals surface area (Å²) in [6.07, 6.45) is 3.28. The van der Waals surface area contributed by atoms with E-state index >= 15 is 0 Å². The van der Waals surface area contributed by atoms with Crippen molar-refractivity contribution >= 4 is 35.0 Å². The molecule has 1 N–H and O–H groups in total. The predicted octanol–water partition coefficient (Wildman–Crippen LogP) is 6.03. The van der Waals surface area contributed by atoms with Crippen LogP contribution in [0.2, 0.25) is 10.0 Å². The first-order chi connectivity index (χ1) is 14.5. The lowest BCUT2D eigenvalue weighted by Crippen LogP contribution is -2.14. The molecule has 0 unspecified atom stereocenters. The van der Waals surface area contributed by atoms with Gasteiger partial charge < -0.3 is 4.52 Å². The van der Waals surface area contributed by atoms with Gasteiger partial charge in [-0.15, -0.1) is 0 Å². The average Bonchev–Trinajstić information content (AvgIpc) is 3.15.